The minimum absolute atomic E-state index is 0.104. The highest BCUT2D eigenvalue weighted by molar-refractivity contribution is 5.89. The topological polar surface area (TPSA) is 93.7 Å². The Kier molecular flexibility index (Phi) is 8.61. The van der Waals surface area contributed by atoms with Crippen LogP contribution in [0.5, 0.6) is 0 Å². The van der Waals surface area contributed by atoms with Crippen LogP contribution in [0.1, 0.15) is 38.8 Å². The van der Waals surface area contributed by atoms with Crippen molar-refractivity contribution < 1.29 is 23.9 Å². The van der Waals surface area contributed by atoms with Gasteiger partial charge in [-0.05, 0) is 38.8 Å². The minimum atomic E-state index is -0.901. The van der Waals surface area contributed by atoms with Gasteiger partial charge >= 0.3 is 12.1 Å². The molecule has 2 aromatic rings. The van der Waals surface area contributed by atoms with E-state index in [1.165, 1.54) is 6.92 Å². The Morgan fingerprint density at radius 1 is 0.871 bits per heavy atom. The molecule has 0 heterocycles. The van der Waals surface area contributed by atoms with Crippen LogP contribution >= 0.6 is 0 Å². The SMILES string of the molecule is C[C@H](NC(=O)OC(C)(C)C)C(=O)N[C@@H](Cc1ccccc1)C(=O)OCc1ccccc1. The van der Waals surface area contributed by atoms with E-state index in [0.717, 1.165) is 11.1 Å². The third-order valence-corrected chi connectivity index (χ3v) is 4.23. The molecule has 0 bridgehead atoms. The highest BCUT2D eigenvalue weighted by atomic mass is 16.6. The van der Waals surface area contributed by atoms with Crippen molar-refractivity contribution in [2.24, 2.45) is 0 Å². The maximum atomic E-state index is 12.7. The molecule has 2 aromatic carbocycles. The molecular formula is C24H30N2O5. The van der Waals surface area contributed by atoms with Crippen molar-refractivity contribution in [2.75, 3.05) is 0 Å². The van der Waals surface area contributed by atoms with E-state index in [4.69, 9.17) is 9.47 Å². The Hall–Kier alpha value is -3.35. The number of esters is 1. The number of hydrogen-bond acceptors (Lipinski definition) is 5. The number of hydrogen-bond donors (Lipinski definition) is 2. The highest BCUT2D eigenvalue weighted by Crippen LogP contribution is 2.09. The summed E-state index contributed by atoms with van der Waals surface area (Å²) in [5.74, 6) is -1.06. The smallest absolute Gasteiger partial charge is 0.408 e. The van der Waals surface area contributed by atoms with Gasteiger partial charge in [0.25, 0.3) is 0 Å². The fourth-order valence-corrected chi connectivity index (χ4v) is 2.72. The van der Waals surface area contributed by atoms with Gasteiger partial charge in [0, 0.05) is 6.42 Å². The minimum Gasteiger partial charge on any atom is -0.459 e. The maximum absolute atomic E-state index is 12.7. The Morgan fingerprint density at radius 3 is 1.97 bits per heavy atom. The van der Waals surface area contributed by atoms with Crippen molar-refractivity contribution in [3.05, 3.63) is 71.8 Å². The Bertz CT molecular complexity index is 863. The number of alkyl carbamates (subject to hydrolysis) is 1. The molecule has 0 saturated heterocycles. The van der Waals surface area contributed by atoms with Gasteiger partial charge in [0.05, 0.1) is 0 Å². The number of carbonyl (C=O) groups is 3. The molecule has 7 nitrogen and oxygen atoms in total. The molecule has 2 amide bonds. The lowest BCUT2D eigenvalue weighted by atomic mass is 10.1. The second kappa shape index (κ2) is 11.2. The van der Waals surface area contributed by atoms with Crippen molar-refractivity contribution >= 4 is 18.0 Å². The molecule has 0 spiro atoms. The molecule has 0 aliphatic rings. The number of benzene rings is 2. The van der Waals surface area contributed by atoms with Crippen LogP contribution in [0.3, 0.4) is 0 Å². The van der Waals surface area contributed by atoms with Crippen LogP contribution in [0.15, 0.2) is 60.7 Å². The van der Waals surface area contributed by atoms with Gasteiger partial charge in [-0.3, -0.25) is 4.79 Å². The van der Waals surface area contributed by atoms with Crippen LogP contribution in [0.4, 0.5) is 4.79 Å². The Labute approximate surface area is 183 Å². The summed E-state index contributed by atoms with van der Waals surface area (Å²) in [4.78, 5) is 37.3. The zero-order valence-electron chi connectivity index (χ0n) is 18.4. The molecule has 2 rings (SSSR count). The van der Waals surface area contributed by atoms with E-state index in [9.17, 15) is 14.4 Å². The second-order valence-electron chi connectivity index (χ2n) is 8.21. The largest absolute Gasteiger partial charge is 0.459 e. The first kappa shape index (κ1) is 23.9. The molecule has 0 fully saturated rings. The molecule has 7 heteroatoms. The molecule has 0 aliphatic carbocycles. The predicted molar refractivity (Wildman–Crippen MR) is 117 cm³/mol. The van der Waals surface area contributed by atoms with Gasteiger partial charge in [0.15, 0.2) is 0 Å². The van der Waals surface area contributed by atoms with E-state index in [0.29, 0.717) is 0 Å². The molecule has 2 atom stereocenters. The number of ether oxygens (including phenoxy) is 2. The number of rotatable bonds is 8. The number of carbonyl (C=O) groups excluding carboxylic acids is 3. The number of amides is 2. The molecule has 2 N–H and O–H groups in total. The first-order valence-electron chi connectivity index (χ1n) is 10.2. The van der Waals surface area contributed by atoms with Gasteiger partial charge in [0.1, 0.15) is 24.3 Å². The van der Waals surface area contributed by atoms with E-state index in [-0.39, 0.29) is 13.0 Å². The van der Waals surface area contributed by atoms with Gasteiger partial charge in [-0.15, -0.1) is 0 Å². The van der Waals surface area contributed by atoms with E-state index >= 15 is 0 Å². The third-order valence-electron chi connectivity index (χ3n) is 4.23. The van der Waals surface area contributed by atoms with Gasteiger partial charge in [0.2, 0.25) is 5.91 Å². The van der Waals surface area contributed by atoms with Crippen LogP contribution in [0.25, 0.3) is 0 Å². The van der Waals surface area contributed by atoms with E-state index in [2.05, 4.69) is 10.6 Å². The zero-order valence-corrected chi connectivity index (χ0v) is 18.4. The normalized spacial score (nSPS) is 12.9. The standard InChI is InChI=1S/C24H30N2O5/c1-17(25-23(29)31-24(2,3)4)21(27)26-20(15-18-11-7-5-8-12-18)22(28)30-16-19-13-9-6-10-14-19/h5-14,17,20H,15-16H2,1-4H3,(H,25,29)(H,26,27)/t17-,20-/m0/s1. The summed E-state index contributed by atoms with van der Waals surface area (Å²) in [6.07, 6.45) is -0.444. The lowest BCUT2D eigenvalue weighted by Gasteiger charge is -2.23. The van der Waals surface area contributed by atoms with Gasteiger partial charge < -0.3 is 20.1 Å². The van der Waals surface area contributed by atoms with Crippen molar-refractivity contribution in [2.45, 2.75) is 58.4 Å². The van der Waals surface area contributed by atoms with E-state index < -0.39 is 35.7 Å². The van der Waals surface area contributed by atoms with Crippen molar-refractivity contribution in [1.29, 1.82) is 0 Å². The molecule has 0 saturated carbocycles. The van der Waals surface area contributed by atoms with Crippen molar-refractivity contribution in [3.63, 3.8) is 0 Å². The van der Waals surface area contributed by atoms with Crippen LogP contribution in [0.2, 0.25) is 0 Å². The van der Waals surface area contributed by atoms with Crippen molar-refractivity contribution in [3.8, 4) is 0 Å². The molecule has 0 aliphatic heterocycles. The number of nitrogens with one attached hydrogen (secondary N) is 2. The summed E-state index contributed by atoms with van der Waals surface area (Å²) >= 11 is 0. The third kappa shape index (κ3) is 8.90. The Balaban J connectivity index is 2.02. The fourth-order valence-electron chi connectivity index (χ4n) is 2.72. The van der Waals surface area contributed by atoms with E-state index in [1.807, 2.05) is 60.7 Å². The van der Waals surface area contributed by atoms with Crippen LogP contribution in [0, 0.1) is 0 Å². The summed E-state index contributed by atoms with van der Waals surface area (Å²) in [5, 5.41) is 5.16. The summed E-state index contributed by atoms with van der Waals surface area (Å²) in [5.41, 5.74) is 1.04. The summed E-state index contributed by atoms with van der Waals surface area (Å²) in [6.45, 7) is 6.82. The molecule has 31 heavy (non-hydrogen) atoms. The lowest BCUT2D eigenvalue weighted by molar-refractivity contribution is -0.149. The Morgan fingerprint density at radius 2 is 1.42 bits per heavy atom. The molecule has 0 aromatic heterocycles. The van der Waals surface area contributed by atoms with Crippen LogP contribution in [-0.2, 0) is 32.1 Å². The lowest BCUT2D eigenvalue weighted by Crippen LogP contribution is -2.52. The first-order chi connectivity index (χ1) is 14.6. The predicted octanol–water partition coefficient (Wildman–Crippen LogP) is 3.37. The van der Waals surface area contributed by atoms with E-state index in [1.54, 1.807) is 20.8 Å². The van der Waals surface area contributed by atoms with Gasteiger partial charge in [-0.2, -0.15) is 0 Å². The molecule has 166 valence electrons. The molecule has 0 radical (unpaired) electrons. The van der Waals surface area contributed by atoms with Crippen molar-refractivity contribution in [1.82, 2.24) is 10.6 Å². The average molecular weight is 427 g/mol. The molecule has 0 unspecified atom stereocenters. The fraction of sp³-hybridized carbons (Fsp3) is 0.375. The second-order valence-corrected chi connectivity index (χ2v) is 8.21. The van der Waals surface area contributed by atoms with Crippen LogP contribution < -0.4 is 10.6 Å². The summed E-state index contributed by atoms with van der Waals surface area (Å²) in [6, 6.07) is 16.8. The zero-order chi connectivity index (χ0) is 22.9. The monoisotopic (exact) mass is 426 g/mol. The van der Waals surface area contributed by atoms with Gasteiger partial charge in [-0.25, -0.2) is 9.59 Å². The van der Waals surface area contributed by atoms with Crippen LogP contribution in [-0.4, -0.2) is 35.7 Å². The highest BCUT2D eigenvalue weighted by Gasteiger charge is 2.27. The average Bonchev–Trinajstić information content (AvgIpc) is 2.71. The molecular weight excluding hydrogens is 396 g/mol. The first-order valence-corrected chi connectivity index (χ1v) is 10.2. The quantitative estimate of drug-likeness (QED) is 0.631. The maximum Gasteiger partial charge on any atom is 0.408 e. The summed E-state index contributed by atoms with van der Waals surface area (Å²) in [7, 11) is 0. The summed E-state index contributed by atoms with van der Waals surface area (Å²) < 4.78 is 10.6. The van der Waals surface area contributed by atoms with Gasteiger partial charge in [-0.1, -0.05) is 60.7 Å².